The molecular weight excluding hydrogens is 474 g/mol. The average Bonchev–Trinajstić information content (AvgIpc) is 2.98. The Morgan fingerprint density at radius 3 is 1.97 bits per heavy atom. The third-order valence-corrected chi connectivity index (χ3v) is 6.06. The Labute approximate surface area is 221 Å². The number of nitrogens with two attached hydrogens (primary N) is 1. The normalized spacial score (nSPS) is 10.7. The maximum absolute atomic E-state index is 13.4. The zero-order chi connectivity index (χ0) is 26.2. The van der Waals surface area contributed by atoms with Gasteiger partial charge in [0, 0.05) is 6.20 Å². The van der Waals surface area contributed by atoms with Crippen molar-refractivity contribution in [1.82, 2.24) is 20.4 Å². The van der Waals surface area contributed by atoms with E-state index < -0.39 is 5.92 Å². The van der Waals surface area contributed by atoms with E-state index in [-0.39, 0.29) is 17.4 Å². The number of benzene rings is 3. The third kappa shape index (κ3) is 5.60. The molecule has 0 radical (unpaired) electrons. The number of pyridine rings is 1. The first-order valence-electron chi connectivity index (χ1n) is 12.2. The molecular formula is C30H27N7O. The fourth-order valence-corrected chi connectivity index (χ4v) is 4.22. The zero-order valence-electron chi connectivity index (χ0n) is 20.6. The Morgan fingerprint density at radius 1 is 0.763 bits per heavy atom. The molecule has 0 aliphatic heterocycles. The summed E-state index contributed by atoms with van der Waals surface area (Å²) in [6.45, 7) is 0.495. The molecule has 0 bridgehead atoms. The molecule has 1 amide bonds. The molecule has 2 heterocycles. The molecule has 3 aromatic carbocycles. The molecule has 188 valence electrons. The first-order valence-corrected chi connectivity index (χ1v) is 12.2. The van der Waals surface area contributed by atoms with E-state index in [1.165, 1.54) is 6.33 Å². The fraction of sp³-hybridized carbons (Fsp3) is 0.0667. The summed E-state index contributed by atoms with van der Waals surface area (Å²) in [5, 5.41) is 0. The van der Waals surface area contributed by atoms with Crippen molar-refractivity contribution in [1.29, 1.82) is 0 Å². The lowest BCUT2D eigenvalue weighted by Gasteiger charge is -2.25. The average molecular weight is 502 g/mol. The first-order chi connectivity index (χ1) is 18.7. The van der Waals surface area contributed by atoms with E-state index in [1.807, 2.05) is 114 Å². The number of nitrogens with one attached hydrogen (secondary N) is 2. The van der Waals surface area contributed by atoms with Crippen LogP contribution in [0.2, 0.25) is 0 Å². The number of aromatic nitrogens is 3. The van der Waals surface area contributed by atoms with Crippen molar-refractivity contribution in [3.63, 3.8) is 0 Å². The number of anilines is 4. The van der Waals surface area contributed by atoms with Crippen molar-refractivity contribution in [3.05, 3.63) is 138 Å². The molecule has 0 saturated carbocycles. The second kappa shape index (κ2) is 11.7. The molecule has 2 aromatic heterocycles. The topological polar surface area (TPSA) is 109 Å². The molecule has 0 fully saturated rings. The van der Waals surface area contributed by atoms with Gasteiger partial charge in [-0.3, -0.25) is 15.6 Å². The Balaban J connectivity index is 1.41. The van der Waals surface area contributed by atoms with Crippen LogP contribution in [0, 0.1) is 0 Å². The highest BCUT2D eigenvalue weighted by Gasteiger charge is 2.24. The number of hydrogen-bond donors (Lipinski definition) is 3. The molecule has 0 spiro atoms. The molecule has 5 aromatic rings. The smallest absolute Gasteiger partial charge is 0.250 e. The minimum atomic E-state index is -0.518. The molecule has 4 N–H and O–H groups in total. The summed E-state index contributed by atoms with van der Waals surface area (Å²) in [6, 6.07) is 34.9. The number of amides is 1. The maximum Gasteiger partial charge on any atom is 0.250 e. The molecule has 5 rings (SSSR count). The summed E-state index contributed by atoms with van der Waals surface area (Å²) >= 11 is 0. The highest BCUT2D eigenvalue weighted by Crippen LogP contribution is 2.32. The van der Waals surface area contributed by atoms with Gasteiger partial charge in [0.15, 0.2) is 11.6 Å². The van der Waals surface area contributed by atoms with Crippen LogP contribution in [-0.4, -0.2) is 20.9 Å². The Morgan fingerprint density at radius 2 is 1.37 bits per heavy atom. The van der Waals surface area contributed by atoms with Crippen LogP contribution in [0.4, 0.5) is 23.1 Å². The van der Waals surface area contributed by atoms with E-state index in [0.717, 1.165) is 16.7 Å². The van der Waals surface area contributed by atoms with Gasteiger partial charge in [0.1, 0.15) is 17.8 Å². The predicted octanol–water partition coefficient (Wildman–Crippen LogP) is 5.07. The summed E-state index contributed by atoms with van der Waals surface area (Å²) in [6.07, 6.45) is 3.13. The number of hydrogen-bond acceptors (Lipinski definition) is 7. The minimum Gasteiger partial charge on any atom is -0.393 e. The summed E-state index contributed by atoms with van der Waals surface area (Å²) in [5.74, 6) is 0.688. The molecule has 0 unspecified atom stereocenters. The van der Waals surface area contributed by atoms with Crippen LogP contribution in [0.25, 0.3) is 0 Å². The van der Waals surface area contributed by atoms with Crippen molar-refractivity contribution in [2.24, 2.45) is 0 Å². The van der Waals surface area contributed by atoms with E-state index in [2.05, 4.69) is 25.8 Å². The van der Waals surface area contributed by atoms with E-state index in [0.29, 0.717) is 18.2 Å². The van der Waals surface area contributed by atoms with Gasteiger partial charge in [0.05, 0.1) is 12.5 Å². The predicted molar refractivity (Wildman–Crippen MR) is 149 cm³/mol. The van der Waals surface area contributed by atoms with Gasteiger partial charge in [0.2, 0.25) is 5.91 Å². The van der Waals surface area contributed by atoms with Gasteiger partial charge < -0.3 is 10.6 Å². The molecule has 0 aliphatic rings. The number of nitrogens with zero attached hydrogens (tertiary/aromatic N) is 4. The molecule has 8 heteroatoms. The van der Waals surface area contributed by atoms with Gasteiger partial charge in [-0.1, -0.05) is 97.1 Å². The SMILES string of the molecule is Nc1c(NNC(=O)C(c2ccccc2)c2ccccc2)ncnc1N(Cc1ccccc1)c1ccccn1. The molecule has 0 saturated heterocycles. The summed E-state index contributed by atoms with van der Waals surface area (Å²) in [4.78, 5) is 28.6. The second-order valence-electron chi connectivity index (χ2n) is 8.59. The van der Waals surface area contributed by atoms with E-state index in [9.17, 15) is 4.79 Å². The van der Waals surface area contributed by atoms with Crippen LogP contribution in [0.1, 0.15) is 22.6 Å². The van der Waals surface area contributed by atoms with Crippen LogP contribution in [0.15, 0.2) is 122 Å². The van der Waals surface area contributed by atoms with Crippen LogP contribution in [0.5, 0.6) is 0 Å². The monoisotopic (exact) mass is 501 g/mol. The molecule has 38 heavy (non-hydrogen) atoms. The Kier molecular flexibility index (Phi) is 7.51. The number of nitrogen functional groups attached to an aromatic ring is 1. The second-order valence-corrected chi connectivity index (χ2v) is 8.59. The maximum atomic E-state index is 13.4. The van der Waals surface area contributed by atoms with Crippen molar-refractivity contribution < 1.29 is 4.79 Å². The zero-order valence-corrected chi connectivity index (χ0v) is 20.6. The van der Waals surface area contributed by atoms with Gasteiger partial charge in [-0.2, -0.15) is 0 Å². The lowest BCUT2D eigenvalue weighted by Crippen LogP contribution is -2.35. The minimum absolute atomic E-state index is 0.243. The number of carbonyl (C=O) groups excluding carboxylic acids is 1. The number of rotatable bonds is 9. The fourth-order valence-electron chi connectivity index (χ4n) is 4.22. The lowest BCUT2D eigenvalue weighted by molar-refractivity contribution is -0.121. The molecule has 8 nitrogen and oxygen atoms in total. The van der Waals surface area contributed by atoms with Gasteiger partial charge in [-0.25, -0.2) is 15.0 Å². The van der Waals surface area contributed by atoms with E-state index in [1.54, 1.807) is 6.20 Å². The van der Waals surface area contributed by atoms with Gasteiger partial charge in [-0.15, -0.1) is 0 Å². The van der Waals surface area contributed by atoms with Crippen molar-refractivity contribution in [2.45, 2.75) is 12.5 Å². The van der Waals surface area contributed by atoms with Crippen LogP contribution < -0.4 is 21.5 Å². The van der Waals surface area contributed by atoms with Gasteiger partial charge in [0.25, 0.3) is 0 Å². The summed E-state index contributed by atoms with van der Waals surface area (Å²) < 4.78 is 0. The van der Waals surface area contributed by atoms with Crippen LogP contribution >= 0.6 is 0 Å². The first kappa shape index (κ1) is 24.5. The summed E-state index contributed by atoms with van der Waals surface area (Å²) in [5.41, 5.74) is 15.4. The Hall–Kier alpha value is -5.24. The van der Waals surface area contributed by atoms with E-state index >= 15 is 0 Å². The highest BCUT2D eigenvalue weighted by molar-refractivity contribution is 5.89. The number of hydrazine groups is 1. The van der Waals surface area contributed by atoms with Crippen molar-refractivity contribution in [3.8, 4) is 0 Å². The van der Waals surface area contributed by atoms with E-state index in [4.69, 9.17) is 5.73 Å². The number of carbonyl (C=O) groups is 1. The summed E-state index contributed by atoms with van der Waals surface area (Å²) in [7, 11) is 0. The highest BCUT2D eigenvalue weighted by atomic mass is 16.2. The Bertz CT molecular complexity index is 1430. The largest absolute Gasteiger partial charge is 0.393 e. The third-order valence-electron chi connectivity index (χ3n) is 6.06. The van der Waals surface area contributed by atoms with Crippen molar-refractivity contribution >= 4 is 29.0 Å². The van der Waals surface area contributed by atoms with Gasteiger partial charge in [-0.05, 0) is 28.8 Å². The molecule has 0 aliphatic carbocycles. The molecule has 0 atom stereocenters. The standard InChI is InChI=1S/C30H27N7O/c31-27-28(35-36-30(38)26(23-14-6-2-7-15-23)24-16-8-3-9-17-24)33-21-34-29(27)37(25-18-10-11-19-32-25)20-22-12-4-1-5-13-22/h1-19,21,26H,20,31H2,(H,36,38)(H,33,34,35). The van der Waals surface area contributed by atoms with Crippen molar-refractivity contribution in [2.75, 3.05) is 16.1 Å². The lowest BCUT2D eigenvalue weighted by atomic mass is 9.91. The van der Waals surface area contributed by atoms with Crippen LogP contribution in [0.3, 0.4) is 0 Å². The van der Waals surface area contributed by atoms with Crippen LogP contribution in [-0.2, 0) is 11.3 Å². The van der Waals surface area contributed by atoms with Gasteiger partial charge >= 0.3 is 0 Å². The quantitative estimate of drug-likeness (QED) is 0.242.